The van der Waals surface area contributed by atoms with E-state index in [4.69, 9.17) is 20.4 Å². The molecule has 2 aromatic carbocycles. The van der Waals surface area contributed by atoms with Crippen LogP contribution in [0, 0.1) is 0 Å². The van der Waals surface area contributed by atoms with Gasteiger partial charge in [0.1, 0.15) is 18.0 Å². The van der Waals surface area contributed by atoms with Gasteiger partial charge in [0.05, 0.1) is 36.1 Å². The van der Waals surface area contributed by atoms with Crippen LogP contribution >= 0.6 is 0 Å². The maximum absolute atomic E-state index is 13.4. The van der Waals surface area contributed by atoms with Gasteiger partial charge < -0.3 is 35.4 Å². The van der Waals surface area contributed by atoms with Gasteiger partial charge in [0.15, 0.2) is 11.6 Å². The topological polar surface area (TPSA) is 205 Å². The minimum Gasteiger partial charge on any atom is -0.508 e. The summed E-state index contributed by atoms with van der Waals surface area (Å²) < 4.78 is 7.13. The zero-order valence-electron chi connectivity index (χ0n) is 31.4. The summed E-state index contributed by atoms with van der Waals surface area (Å²) in [6.45, 7) is 10.6. The van der Waals surface area contributed by atoms with Crippen LogP contribution in [-0.4, -0.2) is 124 Å². The second kappa shape index (κ2) is 15.5. The lowest BCUT2D eigenvalue weighted by molar-refractivity contribution is -0.133. The zero-order chi connectivity index (χ0) is 38.9. The number of aromatic hydroxyl groups is 2. The fourth-order valence-corrected chi connectivity index (χ4v) is 7.29. The van der Waals surface area contributed by atoms with Gasteiger partial charge in [-0.25, -0.2) is 15.0 Å². The molecule has 0 bridgehead atoms. The summed E-state index contributed by atoms with van der Waals surface area (Å²) in [7, 11) is 0. The van der Waals surface area contributed by atoms with Crippen molar-refractivity contribution in [3.63, 3.8) is 0 Å². The molecule has 17 heteroatoms. The van der Waals surface area contributed by atoms with Gasteiger partial charge in [-0.1, -0.05) is 32.0 Å². The van der Waals surface area contributed by atoms with Crippen molar-refractivity contribution < 1.29 is 24.5 Å². The van der Waals surface area contributed by atoms with E-state index >= 15 is 0 Å². The van der Waals surface area contributed by atoms with Crippen LogP contribution in [0.2, 0.25) is 0 Å². The van der Waals surface area contributed by atoms with Crippen LogP contribution < -0.4 is 10.6 Å². The van der Waals surface area contributed by atoms with Gasteiger partial charge in [-0.15, -0.1) is 0 Å². The number of piperazine rings is 1. The largest absolute Gasteiger partial charge is 0.508 e. The van der Waals surface area contributed by atoms with E-state index in [1.807, 2.05) is 23.6 Å². The number of carbonyl (C=O) groups is 2. The zero-order valence-corrected chi connectivity index (χ0v) is 31.4. The number of morpholine rings is 1. The number of fused-ring (bicyclic) bond motifs is 1. The number of nitrogens with zero attached hydrogens (tertiary/aromatic N) is 11. The maximum Gasteiger partial charge on any atom is 0.258 e. The van der Waals surface area contributed by atoms with Crippen molar-refractivity contribution in [2.24, 2.45) is 0 Å². The van der Waals surface area contributed by atoms with Gasteiger partial charge >= 0.3 is 0 Å². The Hall–Kier alpha value is -6.20. The van der Waals surface area contributed by atoms with E-state index in [1.54, 1.807) is 40.4 Å². The van der Waals surface area contributed by atoms with E-state index in [1.165, 1.54) is 6.07 Å². The number of benzene rings is 2. The molecule has 56 heavy (non-hydrogen) atoms. The average Bonchev–Trinajstić information content (AvgIpc) is 3.86. The average molecular weight is 761 g/mol. The number of ether oxygens (including phenoxy) is 1. The molecule has 290 valence electrons. The Morgan fingerprint density at radius 2 is 1.54 bits per heavy atom. The summed E-state index contributed by atoms with van der Waals surface area (Å²) in [5, 5.41) is 25.2. The summed E-state index contributed by atoms with van der Waals surface area (Å²) in [5.41, 5.74) is 11.1. The Morgan fingerprint density at radius 3 is 2.27 bits per heavy atom. The van der Waals surface area contributed by atoms with Crippen LogP contribution in [0.25, 0.3) is 22.8 Å². The molecule has 2 saturated heterocycles. The molecule has 8 rings (SSSR count). The van der Waals surface area contributed by atoms with Gasteiger partial charge in [-0.3, -0.25) is 19.2 Å². The van der Waals surface area contributed by atoms with E-state index in [-0.39, 0.29) is 47.3 Å². The van der Waals surface area contributed by atoms with Crippen LogP contribution in [0.3, 0.4) is 0 Å². The number of amides is 2. The Bertz CT molecular complexity index is 2250. The number of rotatable bonds is 9. The van der Waals surface area contributed by atoms with E-state index in [9.17, 15) is 19.8 Å². The number of aromatic nitrogens is 7. The fraction of sp³-hybridized carbons (Fsp3) is 0.385. The van der Waals surface area contributed by atoms with Crippen LogP contribution in [0.15, 0.2) is 55.1 Å². The molecule has 17 nitrogen and oxygen atoms in total. The first-order valence-electron chi connectivity index (χ1n) is 18.7. The highest BCUT2D eigenvalue weighted by Crippen LogP contribution is 2.35. The van der Waals surface area contributed by atoms with Gasteiger partial charge in [-0.05, 0) is 34.2 Å². The number of hydrogen-bond donors (Lipinski definition) is 3. The monoisotopic (exact) mass is 760 g/mol. The Kier molecular flexibility index (Phi) is 10.2. The minimum atomic E-state index is -0.267. The molecule has 5 aromatic rings. The summed E-state index contributed by atoms with van der Waals surface area (Å²) in [6, 6.07) is 9.16. The molecule has 3 aliphatic rings. The predicted octanol–water partition coefficient (Wildman–Crippen LogP) is 2.65. The van der Waals surface area contributed by atoms with Crippen molar-refractivity contribution in [1.29, 1.82) is 0 Å². The third kappa shape index (κ3) is 7.81. The standard InChI is InChI=1S/C39H44N12O5/c1-24(2)30-14-31(33(53)15-32(30)52)37(55)50-20-26-4-3-25(13-27(26)21-50)19-47-5-7-48(8-6-47)34(54)23-51-22-29(18-43-51)36-44-35(28-16-41-38(40)42-17-28)45-39(46-36)49-9-11-56-12-10-49/h3-4,13-18,22,24,52-53H,5-12,19-21,23H2,1-2H3,(H2,40,41,42). The third-order valence-electron chi connectivity index (χ3n) is 10.4. The Balaban J connectivity index is 0.869. The fourth-order valence-electron chi connectivity index (χ4n) is 7.29. The van der Waals surface area contributed by atoms with Crippen molar-refractivity contribution >= 4 is 23.7 Å². The maximum atomic E-state index is 13.4. The van der Waals surface area contributed by atoms with E-state index < -0.39 is 0 Å². The summed E-state index contributed by atoms with van der Waals surface area (Å²) in [4.78, 5) is 57.1. The first-order chi connectivity index (χ1) is 27.1. The second-order valence-corrected chi connectivity index (χ2v) is 14.6. The number of phenolic OH excluding ortho intramolecular Hbond substituents is 2. The van der Waals surface area contributed by atoms with Crippen molar-refractivity contribution in [2.45, 2.75) is 45.9 Å². The molecule has 2 fully saturated rings. The Morgan fingerprint density at radius 1 is 0.821 bits per heavy atom. The molecule has 0 aliphatic carbocycles. The van der Waals surface area contributed by atoms with Crippen LogP contribution in [0.5, 0.6) is 11.5 Å². The number of nitrogens with two attached hydrogens (primary N) is 1. The highest BCUT2D eigenvalue weighted by atomic mass is 16.5. The number of carbonyl (C=O) groups excluding carboxylic acids is 2. The molecule has 0 radical (unpaired) electrons. The molecule has 0 atom stereocenters. The third-order valence-corrected chi connectivity index (χ3v) is 10.4. The molecular formula is C39H44N12O5. The lowest BCUT2D eigenvalue weighted by Gasteiger charge is -2.34. The molecule has 0 spiro atoms. The first-order valence-corrected chi connectivity index (χ1v) is 18.7. The van der Waals surface area contributed by atoms with Crippen molar-refractivity contribution in [2.75, 3.05) is 63.1 Å². The SMILES string of the molecule is CC(C)c1cc(C(=O)N2Cc3ccc(CN4CCN(C(=O)Cn5cc(-c6nc(-c7cnc(N)nc7)nc(N7CCOCC7)n6)cn5)CC4)cc3C2)c(O)cc1O. The van der Waals surface area contributed by atoms with Gasteiger partial charge in [0, 0.05) is 83.6 Å². The number of hydrogen-bond acceptors (Lipinski definition) is 14. The summed E-state index contributed by atoms with van der Waals surface area (Å²) in [6.07, 6.45) is 6.57. The highest BCUT2D eigenvalue weighted by Gasteiger charge is 2.28. The number of nitrogen functional groups attached to an aromatic ring is 1. The number of phenols is 2. The van der Waals surface area contributed by atoms with E-state index in [2.05, 4.69) is 43.1 Å². The first kappa shape index (κ1) is 36.8. The molecule has 2 amide bonds. The van der Waals surface area contributed by atoms with Crippen molar-refractivity contribution in [3.05, 3.63) is 82.9 Å². The molecule has 3 aromatic heterocycles. The molecule has 0 unspecified atom stereocenters. The quantitative estimate of drug-likeness (QED) is 0.198. The van der Waals surface area contributed by atoms with E-state index in [0.717, 1.165) is 36.3 Å². The molecular weight excluding hydrogens is 717 g/mol. The van der Waals surface area contributed by atoms with Gasteiger partial charge in [0.2, 0.25) is 17.8 Å². The summed E-state index contributed by atoms with van der Waals surface area (Å²) in [5.74, 6) is 0.964. The van der Waals surface area contributed by atoms with Crippen molar-refractivity contribution in [1.82, 2.24) is 49.4 Å². The van der Waals surface area contributed by atoms with Crippen LogP contribution in [0.4, 0.5) is 11.9 Å². The normalized spacial score (nSPS) is 16.1. The van der Waals surface area contributed by atoms with Crippen LogP contribution in [-0.2, 0) is 35.7 Å². The smallest absolute Gasteiger partial charge is 0.258 e. The molecule has 0 saturated carbocycles. The van der Waals surface area contributed by atoms with Gasteiger partial charge in [-0.2, -0.15) is 15.1 Å². The van der Waals surface area contributed by atoms with E-state index in [0.29, 0.717) is 86.8 Å². The molecule has 6 heterocycles. The van der Waals surface area contributed by atoms with Gasteiger partial charge in [0.25, 0.3) is 5.91 Å². The summed E-state index contributed by atoms with van der Waals surface area (Å²) >= 11 is 0. The van der Waals surface area contributed by atoms with Crippen LogP contribution in [0.1, 0.15) is 52.4 Å². The lowest BCUT2D eigenvalue weighted by Crippen LogP contribution is -2.49. The highest BCUT2D eigenvalue weighted by molar-refractivity contribution is 5.97. The molecule has 4 N–H and O–H groups in total. The molecule has 3 aliphatic heterocycles. The number of anilines is 2. The lowest BCUT2D eigenvalue weighted by atomic mass is 9.98. The van der Waals surface area contributed by atoms with Crippen molar-refractivity contribution in [3.8, 4) is 34.3 Å². The second-order valence-electron chi connectivity index (χ2n) is 14.6. The predicted molar refractivity (Wildman–Crippen MR) is 205 cm³/mol. The minimum absolute atomic E-state index is 0.00188. The Labute approximate surface area is 323 Å².